The van der Waals surface area contributed by atoms with Gasteiger partial charge in [-0.3, -0.25) is 0 Å². The molecule has 0 saturated carbocycles. The summed E-state index contributed by atoms with van der Waals surface area (Å²) in [6.45, 7) is 11.2. The Bertz CT molecular complexity index is 373. The minimum atomic E-state index is -0.412. The number of hydrogen-bond donors (Lipinski definition) is 0. The van der Waals surface area contributed by atoms with Gasteiger partial charge in [-0.1, -0.05) is 33.1 Å². The maximum absolute atomic E-state index is 5.98. The van der Waals surface area contributed by atoms with Crippen LogP contribution in [0.4, 0.5) is 0 Å². The zero-order valence-corrected chi connectivity index (χ0v) is 19.6. The molecule has 0 spiro atoms. The standard InChI is InChI=1S/C22H44O4Si/c1-4-12-22(18-27-26-6-3,21-11-16-25-21)13-8-7-9-14-23-17-19(5-2)20-10-15-24-20/h19-21H,4-18,27H2,1-3H3. The van der Waals surface area contributed by atoms with Crippen molar-refractivity contribution in [3.63, 3.8) is 0 Å². The Morgan fingerprint density at radius 2 is 1.81 bits per heavy atom. The molecule has 0 radical (unpaired) electrons. The third-order valence-electron chi connectivity index (χ3n) is 6.66. The van der Waals surface area contributed by atoms with Crippen molar-refractivity contribution in [1.29, 1.82) is 0 Å². The molecule has 0 aromatic carbocycles. The maximum Gasteiger partial charge on any atom is 0.162 e. The molecule has 0 aromatic heterocycles. The molecule has 2 heterocycles. The van der Waals surface area contributed by atoms with E-state index in [1.54, 1.807) is 0 Å². The van der Waals surface area contributed by atoms with E-state index >= 15 is 0 Å². The van der Waals surface area contributed by atoms with Crippen molar-refractivity contribution in [2.45, 2.75) is 96.8 Å². The topological polar surface area (TPSA) is 36.9 Å². The molecule has 0 N–H and O–H groups in total. The first kappa shape index (κ1) is 23.3. The molecule has 4 atom stereocenters. The van der Waals surface area contributed by atoms with E-state index in [1.807, 2.05) is 0 Å². The molecular formula is C22H44O4Si. The van der Waals surface area contributed by atoms with E-state index < -0.39 is 9.76 Å². The minimum absolute atomic E-state index is 0.393. The van der Waals surface area contributed by atoms with E-state index in [0.717, 1.165) is 39.5 Å². The van der Waals surface area contributed by atoms with E-state index in [0.29, 0.717) is 23.5 Å². The molecule has 4 unspecified atom stereocenters. The first-order valence-electron chi connectivity index (χ1n) is 11.6. The molecule has 0 aromatic rings. The van der Waals surface area contributed by atoms with Crippen molar-refractivity contribution >= 4 is 9.76 Å². The van der Waals surface area contributed by atoms with Crippen LogP contribution in [-0.4, -0.2) is 55.0 Å². The summed E-state index contributed by atoms with van der Waals surface area (Å²) in [5.74, 6) is 0.593. The number of unbranched alkanes of at least 4 members (excludes halogenated alkanes) is 2. The van der Waals surface area contributed by atoms with E-state index in [4.69, 9.17) is 18.6 Å². The average molecular weight is 401 g/mol. The highest BCUT2D eigenvalue weighted by Gasteiger charge is 2.41. The van der Waals surface area contributed by atoms with Crippen LogP contribution in [0.5, 0.6) is 0 Å². The normalized spacial score (nSPS) is 25.9. The van der Waals surface area contributed by atoms with Crippen LogP contribution in [0.25, 0.3) is 0 Å². The lowest BCUT2D eigenvalue weighted by Gasteiger charge is -2.45. The first-order chi connectivity index (χ1) is 13.3. The summed E-state index contributed by atoms with van der Waals surface area (Å²) in [5, 5.41) is 0. The summed E-state index contributed by atoms with van der Waals surface area (Å²) >= 11 is 0. The van der Waals surface area contributed by atoms with Gasteiger partial charge in [-0.2, -0.15) is 0 Å². The van der Waals surface area contributed by atoms with Gasteiger partial charge in [0.25, 0.3) is 0 Å². The van der Waals surface area contributed by atoms with Crippen molar-refractivity contribution in [1.82, 2.24) is 0 Å². The quantitative estimate of drug-likeness (QED) is 0.266. The van der Waals surface area contributed by atoms with Crippen LogP contribution in [0.1, 0.15) is 78.6 Å². The Kier molecular flexibility index (Phi) is 11.5. The number of ether oxygens (including phenoxy) is 3. The predicted octanol–water partition coefficient (Wildman–Crippen LogP) is 4.49. The maximum atomic E-state index is 5.98. The number of hydrogen-bond acceptors (Lipinski definition) is 4. The zero-order chi connectivity index (χ0) is 19.4. The van der Waals surface area contributed by atoms with Crippen molar-refractivity contribution in [2.24, 2.45) is 11.3 Å². The van der Waals surface area contributed by atoms with Crippen LogP contribution in [0.2, 0.25) is 6.04 Å². The molecule has 0 amide bonds. The van der Waals surface area contributed by atoms with Gasteiger partial charge in [-0.05, 0) is 56.9 Å². The fraction of sp³-hybridized carbons (Fsp3) is 1.00. The van der Waals surface area contributed by atoms with E-state index in [9.17, 15) is 0 Å². The fourth-order valence-electron chi connectivity index (χ4n) is 4.70. The lowest BCUT2D eigenvalue weighted by molar-refractivity contribution is -0.128. The first-order valence-corrected chi connectivity index (χ1v) is 13.2. The molecule has 0 bridgehead atoms. The van der Waals surface area contributed by atoms with Crippen LogP contribution in [0.3, 0.4) is 0 Å². The highest BCUT2D eigenvalue weighted by molar-refractivity contribution is 6.27. The van der Waals surface area contributed by atoms with Crippen molar-refractivity contribution < 1.29 is 18.6 Å². The average Bonchev–Trinajstić information content (AvgIpc) is 2.57. The molecular weight excluding hydrogens is 356 g/mol. The SMILES string of the molecule is CCCC(CCCCCOCC(CC)C1CCO1)(C[SiH2]OCC)C1CCO1. The Hall–Kier alpha value is 0.0569. The Labute approximate surface area is 170 Å². The zero-order valence-electron chi connectivity index (χ0n) is 18.2. The molecule has 2 saturated heterocycles. The fourth-order valence-corrected chi connectivity index (χ4v) is 6.36. The lowest BCUT2D eigenvalue weighted by atomic mass is 9.73. The molecule has 4 nitrogen and oxygen atoms in total. The third-order valence-corrected chi connectivity index (χ3v) is 8.55. The monoisotopic (exact) mass is 400 g/mol. The van der Waals surface area contributed by atoms with E-state index in [-0.39, 0.29) is 0 Å². The smallest absolute Gasteiger partial charge is 0.162 e. The van der Waals surface area contributed by atoms with Crippen molar-refractivity contribution in [2.75, 3.05) is 33.0 Å². The molecule has 5 heteroatoms. The number of rotatable bonds is 17. The van der Waals surface area contributed by atoms with Crippen molar-refractivity contribution in [3.8, 4) is 0 Å². The van der Waals surface area contributed by atoms with Crippen LogP contribution in [0.15, 0.2) is 0 Å². The summed E-state index contributed by atoms with van der Waals surface area (Å²) < 4.78 is 23.4. The van der Waals surface area contributed by atoms with Crippen LogP contribution < -0.4 is 0 Å². The summed E-state index contributed by atoms with van der Waals surface area (Å²) in [7, 11) is -0.412. The van der Waals surface area contributed by atoms with Gasteiger partial charge >= 0.3 is 0 Å². The van der Waals surface area contributed by atoms with Gasteiger partial charge < -0.3 is 18.6 Å². The molecule has 27 heavy (non-hydrogen) atoms. The van der Waals surface area contributed by atoms with Crippen LogP contribution in [-0.2, 0) is 18.6 Å². The highest BCUT2D eigenvalue weighted by Crippen LogP contribution is 2.44. The van der Waals surface area contributed by atoms with E-state index in [2.05, 4.69) is 20.8 Å². The summed E-state index contributed by atoms with van der Waals surface area (Å²) in [6.07, 6.45) is 12.2. The molecule has 2 rings (SSSR count). The third kappa shape index (κ3) is 7.43. The van der Waals surface area contributed by atoms with Gasteiger partial charge in [0.2, 0.25) is 0 Å². The Morgan fingerprint density at radius 1 is 1.04 bits per heavy atom. The predicted molar refractivity (Wildman–Crippen MR) is 114 cm³/mol. The minimum Gasteiger partial charge on any atom is -0.424 e. The van der Waals surface area contributed by atoms with Gasteiger partial charge in [0, 0.05) is 32.3 Å². The Balaban J connectivity index is 1.63. The van der Waals surface area contributed by atoms with Gasteiger partial charge in [-0.25, -0.2) is 0 Å². The largest absolute Gasteiger partial charge is 0.424 e. The van der Waals surface area contributed by atoms with Gasteiger partial charge in [0.15, 0.2) is 9.76 Å². The lowest BCUT2D eigenvalue weighted by Crippen LogP contribution is -2.45. The second-order valence-electron chi connectivity index (χ2n) is 8.46. The summed E-state index contributed by atoms with van der Waals surface area (Å²) in [5.41, 5.74) is 0.393. The highest BCUT2D eigenvalue weighted by atomic mass is 28.2. The summed E-state index contributed by atoms with van der Waals surface area (Å²) in [6, 6.07) is 1.29. The van der Waals surface area contributed by atoms with Gasteiger partial charge in [0.1, 0.15) is 0 Å². The second-order valence-corrected chi connectivity index (χ2v) is 9.78. The summed E-state index contributed by atoms with van der Waals surface area (Å²) in [4.78, 5) is 0. The second kappa shape index (κ2) is 13.3. The Morgan fingerprint density at radius 3 is 2.37 bits per heavy atom. The molecule has 160 valence electrons. The van der Waals surface area contributed by atoms with Crippen LogP contribution >= 0.6 is 0 Å². The van der Waals surface area contributed by atoms with Gasteiger partial charge in [0.05, 0.1) is 18.8 Å². The molecule has 2 fully saturated rings. The van der Waals surface area contributed by atoms with E-state index in [1.165, 1.54) is 57.4 Å². The van der Waals surface area contributed by atoms with Crippen LogP contribution in [0, 0.1) is 11.3 Å². The molecule has 0 aliphatic carbocycles. The van der Waals surface area contributed by atoms with Gasteiger partial charge in [-0.15, -0.1) is 0 Å². The molecule has 2 aliphatic rings. The molecule has 2 aliphatic heterocycles. The van der Waals surface area contributed by atoms with Crippen molar-refractivity contribution in [3.05, 3.63) is 0 Å².